The third-order valence-electron chi connectivity index (χ3n) is 5.12. The number of hydrogen-bond donors (Lipinski definition) is 2. The molecule has 0 spiro atoms. The van der Waals surface area contributed by atoms with Gasteiger partial charge in [-0.1, -0.05) is 24.3 Å². The summed E-state index contributed by atoms with van der Waals surface area (Å²) in [6, 6.07) is 13.2. The highest BCUT2D eigenvalue weighted by Crippen LogP contribution is 2.51. The van der Waals surface area contributed by atoms with Crippen LogP contribution in [-0.4, -0.2) is 54.8 Å². The molecule has 35 heavy (non-hydrogen) atoms. The Morgan fingerprint density at radius 3 is 2.00 bits per heavy atom. The number of amides is 4. The van der Waals surface area contributed by atoms with Gasteiger partial charge in [0.05, 0.1) is 30.5 Å². The van der Waals surface area contributed by atoms with E-state index in [4.69, 9.17) is 9.05 Å². The molecule has 2 N–H and O–H groups in total. The molecule has 2 aromatic carbocycles. The number of carbonyl (C=O) groups is 4. The van der Waals surface area contributed by atoms with Gasteiger partial charge in [-0.25, -0.2) is 0 Å². The zero-order valence-corrected chi connectivity index (χ0v) is 20.5. The van der Waals surface area contributed by atoms with E-state index in [0.29, 0.717) is 5.69 Å². The third-order valence-corrected chi connectivity index (χ3v) is 7.18. The molecule has 2 aromatic rings. The van der Waals surface area contributed by atoms with E-state index in [9.17, 15) is 23.7 Å². The molecule has 10 nitrogen and oxygen atoms in total. The lowest BCUT2D eigenvalue weighted by molar-refractivity contribution is -0.121. The van der Waals surface area contributed by atoms with Gasteiger partial charge in [-0.2, -0.15) is 0 Å². The van der Waals surface area contributed by atoms with Crippen molar-refractivity contribution in [2.45, 2.75) is 26.4 Å². The highest BCUT2D eigenvalue weighted by atomic mass is 31.2. The maximum absolute atomic E-state index is 12.6. The monoisotopic (exact) mass is 501 g/mol. The van der Waals surface area contributed by atoms with E-state index in [0.717, 1.165) is 10.5 Å². The minimum Gasteiger partial charge on any atom is -0.354 e. The van der Waals surface area contributed by atoms with Gasteiger partial charge in [0.2, 0.25) is 11.8 Å². The van der Waals surface area contributed by atoms with Gasteiger partial charge < -0.3 is 19.7 Å². The number of anilines is 1. The van der Waals surface area contributed by atoms with Crippen molar-refractivity contribution in [3.63, 3.8) is 0 Å². The second-order valence-corrected chi connectivity index (χ2v) is 9.75. The quantitative estimate of drug-likeness (QED) is 0.337. The molecular weight excluding hydrogens is 473 g/mol. The fourth-order valence-corrected chi connectivity index (χ4v) is 5.26. The van der Waals surface area contributed by atoms with E-state index in [-0.39, 0.29) is 49.4 Å². The molecule has 1 heterocycles. The molecule has 1 aliphatic rings. The molecule has 0 fully saturated rings. The molecular formula is C24H28N3O7P. The number of rotatable bonds is 12. The normalized spacial score (nSPS) is 13.0. The average molecular weight is 501 g/mol. The zero-order chi connectivity index (χ0) is 25.4. The van der Waals surface area contributed by atoms with Gasteiger partial charge >= 0.3 is 7.60 Å². The van der Waals surface area contributed by atoms with Crippen LogP contribution < -0.4 is 10.6 Å². The summed E-state index contributed by atoms with van der Waals surface area (Å²) in [5, 5.41) is 5.26. The first kappa shape index (κ1) is 26.3. The van der Waals surface area contributed by atoms with Crippen LogP contribution >= 0.6 is 7.60 Å². The molecule has 3 rings (SSSR count). The van der Waals surface area contributed by atoms with Crippen LogP contribution in [0.3, 0.4) is 0 Å². The van der Waals surface area contributed by atoms with E-state index in [1.807, 2.05) is 0 Å². The van der Waals surface area contributed by atoms with Gasteiger partial charge in [0, 0.05) is 18.7 Å². The van der Waals surface area contributed by atoms with Crippen molar-refractivity contribution >= 4 is 36.9 Å². The van der Waals surface area contributed by atoms with Crippen molar-refractivity contribution in [1.29, 1.82) is 0 Å². The summed E-state index contributed by atoms with van der Waals surface area (Å²) in [5.74, 6) is -1.89. The second-order valence-electron chi connectivity index (χ2n) is 7.69. The molecule has 0 unspecified atom stereocenters. The number of nitrogens with one attached hydrogen (secondary N) is 2. The predicted octanol–water partition coefficient (Wildman–Crippen LogP) is 3.19. The summed E-state index contributed by atoms with van der Waals surface area (Å²) < 4.78 is 23.2. The summed E-state index contributed by atoms with van der Waals surface area (Å²) in [6.07, 6.45) is 0.127. The van der Waals surface area contributed by atoms with Crippen molar-refractivity contribution in [2.75, 3.05) is 31.6 Å². The highest BCUT2D eigenvalue weighted by Gasteiger charge is 2.36. The number of fused-ring (bicyclic) bond motifs is 1. The van der Waals surface area contributed by atoms with E-state index in [1.165, 1.54) is 0 Å². The van der Waals surface area contributed by atoms with Crippen molar-refractivity contribution in [3.05, 3.63) is 65.2 Å². The summed E-state index contributed by atoms with van der Waals surface area (Å²) >= 11 is 0. The molecule has 0 aliphatic carbocycles. The van der Waals surface area contributed by atoms with Crippen LogP contribution in [0.1, 0.15) is 46.5 Å². The fourth-order valence-electron chi connectivity index (χ4n) is 3.56. The zero-order valence-electron chi connectivity index (χ0n) is 19.6. The Kier molecular flexibility index (Phi) is 8.92. The molecule has 0 radical (unpaired) electrons. The molecule has 0 bridgehead atoms. The first-order valence-corrected chi connectivity index (χ1v) is 13.0. The van der Waals surface area contributed by atoms with Crippen LogP contribution in [0.25, 0.3) is 0 Å². The summed E-state index contributed by atoms with van der Waals surface area (Å²) in [6.45, 7) is 3.68. The van der Waals surface area contributed by atoms with Crippen molar-refractivity contribution in [1.82, 2.24) is 10.2 Å². The van der Waals surface area contributed by atoms with Gasteiger partial charge in [-0.3, -0.25) is 28.6 Å². The first-order valence-electron chi connectivity index (χ1n) is 11.2. The molecule has 0 saturated carbocycles. The van der Waals surface area contributed by atoms with Gasteiger partial charge in [0.15, 0.2) is 0 Å². The Bertz CT molecular complexity index is 1110. The smallest absolute Gasteiger partial charge is 0.335 e. The first-order chi connectivity index (χ1) is 16.8. The van der Waals surface area contributed by atoms with E-state index in [1.54, 1.807) is 62.4 Å². The Labute approximate surface area is 203 Å². The number of imide groups is 1. The number of benzene rings is 2. The lowest BCUT2D eigenvalue weighted by Gasteiger charge is -2.17. The van der Waals surface area contributed by atoms with Crippen molar-refractivity contribution in [3.8, 4) is 0 Å². The van der Waals surface area contributed by atoms with E-state index >= 15 is 0 Å². The van der Waals surface area contributed by atoms with Crippen LogP contribution in [0.15, 0.2) is 48.5 Å². The number of nitrogens with zero attached hydrogens (tertiary/aromatic N) is 1. The molecule has 1 aliphatic heterocycles. The standard InChI is InChI=1S/C24H28N3O7P/c1-3-33-35(32,34-4-2)16-17-9-11-18(12-10-17)26-21(28)13-14-25-22(29)15-27-23(30)19-7-5-6-8-20(19)24(27)31/h5-12H,3-4,13-16H2,1-2H3,(H,25,29)(H,26,28). The lowest BCUT2D eigenvalue weighted by atomic mass is 10.1. The van der Waals surface area contributed by atoms with Gasteiger partial charge in [-0.15, -0.1) is 0 Å². The Balaban J connectivity index is 1.43. The maximum atomic E-state index is 12.6. The lowest BCUT2D eigenvalue weighted by Crippen LogP contribution is -2.41. The molecule has 11 heteroatoms. The van der Waals surface area contributed by atoms with Crippen LogP contribution in [0.5, 0.6) is 0 Å². The largest absolute Gasteiger partial charge is 0.354 e. The number of hydrogen-bond acceptors (Lipinski definition) is 7. The molecule has 0 atom stereocenters. The van der Waals surface area contributed by atoms with E-state index in [2.05, 4.69) is 10.6 Å². The van der Waals surface area contributed by atoms with Gasteiger partial charge in [0.25, 0.3) is 11.8 Å². The van der Waals surface area contributed by atoms with Crippen LogP contribution in [0.2, 0.25) is 0 Å². The topological polar surface area (TPSA) is 131 Å². The second kappa shape index (κ2) is 11.9. The Morgan fingerprint density at radius 1 is 0.886 bits per heavy atom. The maximum Gasteiger partial charge on any atom is 0.335 e. The fraction of sp³-hybridized carbons (Fsp3) is 0.333. The summed E-state index contributed by atoms with van der Waals surface area (Å²) in [5.41, 5.74) is 1.83. The van der Waals surface area contributed by atoms with Crippen LogP contribution in [0, 0.1) is 0 Å². The van der Waals surface area contributed by atoms with Crippen LogP contribution in [0.4, 0.5) is 5.69 Å². The Morgan fingerprint density at radius 2 is 1.46 bits per heavy atom. The van der Waals surface area contributed by atoms with Crippen molar-refractivity contribution < 1.29 is 32.8 Å². The molecule has 4 amide bonds. The summed E-state index contributed by atoms with van der Waals surface area (Å²) in [7, 11) is -3.22. The van der Waals surface area contributed by atoms with Crippen molar-refractivity contribution in [2.24, 2.45) is 0 Å². The minimum atomic E-state index is -3.22. The molecule has 0 saturated heterocycles. The van der Waals surface area contributed by atoms with Gasteiger partial charge in [-0.05, 0) is 43.7 Å². The molecule has 0 aromatic heterocycles. The van der Waals surface area contributed by atoms with E-state index < -0.39 is 31.9 Å². The minimum absolute atomic E-state index is 0.000504. The predicted molar refractivity (Wildman–Crippen MR) is 129 cm³/mol. The SMILES string of the molecule is CCOP(=O)(Cc1ccc(NC(=O)CCNC(=O)CN2C(=O)c3ccccc3C2=O)cc1)OCC. The van der Waals surface area contributed by atoms with Gasteiger partial charge in [0.1, 0.15) is 6.54 Å². The highest BCUT2D eigenvalue weighted by molar-refractivity contribution is 7.53. The molecule has 186 valence electrons. The average Bonchev–Trinajstić information content (AvgIpc) is 3.05. The summed E-state index contributed by atoms with van der Waals surface area (Å²) in [4.78, 5) is 49.9. The number of carbonyl (C=O) groups excluding carboxylic acids is 4. The Hall–Kier alpha value is -3.33. The third kappa shape index (κ3) is 6.85. The van der Waals surface area contributed by atoms with Crippen LogP contribution in [-0.2, 0) is 29.4 Å².